The lowest BCUT2D eigenvalue weighted by atomic mass is 10.1. The summed E-state index contributed by atoms with van der Waals surface area (Å²) in [4.78, 5) is 3.92. The van der Waals surface area contributed by atoms with Gasteiger partial charge in [-0.2, -0.15) is 4.31 Å². The highest BCUT2D eigenvalue weighted by atomic mass is 35.5. The summed E-state index contributed by atoms with van der Waals surface area (Å²) in [7, 11) is -3.55. The number of sulfonamides is 1. The number of rotatable bonds is 2. The van der Waals surface area contributed by atoms with Gasteiger partial charge in [0, 0.05) is 18.8 Å². The van der Waals surface area contributed by atoms with Gasteiger partial charge in [-0.3, -0.25) is 0 Å². The van der Waals surface area contributed by atoms with Gasteiger partial charge in [0.1, 0.15) is 10.0 Å². The minimum Gasteiger partial charge on any atom is -0.242 e. The van der Waals surface area contributed by atoms with Crippen molar-refractivity contribution in [2.75, 3.05) is 6.54 Å². The third-order valence-corrected chi connectivity index (χ3v) is 6.03. The van der Waals surface area contributed by atoms with Gasteiger partial charge in [-0.05, 0) is 25.8 Å². The van der Waals surface area contributed by atoms with Gasteiger partial charge in [0.05, 0.1) is 5.02 Å². The monoisotopic (exact) mass is 322 g/mol. The van der Waals surface area contributed by atoms with Crippen molar-refractivity contribution in [1.29, 1.82) is 0 Å². The van der Waals surface area contributed by atoms with Gasteiger partial charge < -0.3 is 0 Å². The maximum atomic E-state index is 12.6. The third kappa shape index (κ3) is 3.21. The Morgan fingerprint density at radius 1 is 1.32 bits per heavy atom. The Morgan fingerprint density at radius 2 is 2.05 bits per heavy atom. The van der Waals surface area contributed by atoms with Crippen LogP contribution < -0.4 is 0 Å². The average Bonchev–Trinajstić information content (AvgIpc) is 2.57. The number of hydrogen-bond donors (Lipinski definition) is 0. The lowest BCUT2D eigenvalue weighted by molar-refractivity contribution is 0.342. The third-order valence-electron chi connectivity index (χ3n) is 3.37. The van der Waals surface area contributed by atoms with E-state index in [0.29, 0.717) is 6.54 Å². The molecule has 0 aromatic carbocycles. The summed E-state index contributed by atoms with van der Waals surface area (Å²) in [6.07, 6.45) is 5.16. The first-order valence-electron chi connectivity index (χ1n) is 6.26. The molecular weight excluding hydrogens is 307 g/mol. The predicted octanol–water partition coefficient (Wildman–Crippen LogP) is 3.34. The Morgan fingerprint density at radius 3 is 2.74 bits per heavy atom. The Balaban J connectivity index is 2.37. The van der Waals surface area contributed by atoms with Crippen molar-refractivity contribution in [2.24, 2.45) is 0 Å². The van der Waals surface area contributed by atoms with E-state index in [9.17, 15) is 8.42 Å². The molecule has 0 aliphatic carbocycles. The molecule has 0 radical (unpaired) electrons. The van der Waals surface area contributed by atoms with E-state index in [4.69, 9.17) is 23.2 Å². The molecule has 1 aromatic rings. The molecule has 2 heterocycles. The van der Waals surface area contributed by atoms with Crippen molar-refractivity contribution in [2.45, 2.75) is 43.5 Å². The fourth-order valence-corrected chi connectivity index (χ4v) is 4.29. The Hall–Kier alpha value is -0.360. The standard InChI is InChI=1S/C12H16Cl2N2O2S/c1-9-5-3-2-4-6-16(9)19(17,18)10-7-11(13)12(14)15-8-10/h7-9H,2-6H2,1H3. The fourth-order valence-electron chi connectivity index (χ4n) is 2.29. The van der Waals surface area contributed by atoms with Crippen LogP contribution in [0, 0.1) is 0 Å². The molecule has 1 unspecified atom stereocenters. The molecule has 1 atom stereocenters. The van der Waals surface area contributed by atoms with Gasteiger partial charge in [0.15, 0.2) is 0 Å². The summed E-state index contributed by atoms with van der Waals surface area (Å²) in [5.74, 6) is 0. The summed E-state index contributed by atoms with van der Waals surface area (Å²) in [6.45, 7) is 2.48. The lowest BCUT2D eigenvalue weighted by Gasteiger charge is -2.26. The lowest BCUT2D eigenvalue weighted by Crippen LogP contribution is -2.38. The molecule has 2 rings (SSSR count). The Labute approximate surface area is 123 Å². The summed E-state index contributed by atoms with van der Waals surface area (Å²) in [6, 6.07) is 1.37. The van der Waals surface area contributed by atoms with Gasteiger partial charge in [-0.15, -0.1) is 0 Å². The highest BCUT2D eigenvalue weighted by molar-refractivity contribution is 7.89. The molecule has 19 heavy (non-hydrogen) atoms. The second-order valence-electron chi connectivity index (χ2n) is 4.76. The SMILES string of the molecule is CC1CCCCCN1S(=O)(=O)c1cnc(Cl)c(Cl)c1. The maximum absolute atomic E-state index is 12.6. The topological polar surface area (TPSA) is 50.3 Å². The quantitative estimate of drug-likeness (QED) is 0.784. The molecule has 0 N–H and O–H groups in total. The normalized spacial score (nSPS) is 22.2. The molecule has 1 aliphatic heterocycles. The van der Waals surface area contributed by atoms with Crippen molar-refractivity contribution in [3.05, 3.63) is 22.4 Å². The average molecular weight is 323 g/mol. The van der Waals surface area contributed by atoms with Crippen molar-refractivity contribution in [3.63, 3.8) is 0 Å². The summed E-state index contributed by atoms with van der Waals surface area (Å²) < 4.78 is 26.7. The smallest absolute Gasteiger partial charge is 0.242 e. The van der Waals surface area contributed by atoms with Gasteiger partial charge in [-0.1, -0.05) is 36.0 Å². The summed E-state index contributed by atoms with van der Waals surface area (Å²) in [5, 5.41) is 0.273. The molecule has 1 aliphatic rings. The van der Waals surface area contributed by atoms with Gasteiger partial charge >= 0.3 is 0 Å². The molecule has 1 saturated heterocycles. The van der Waals surface area contributed by atoms with E-state index >= 15 is 0 Å². The highest BCUT2D eigenvalue weighted by Crippen LogP contribution is 2.27. The first-order valence-corrected chi connectivity index (χ1v) is 8.45. The van der Waals surface area contributed by atoms with Crippen molar-refractivity contribution in [3.8, 4) is 0 Å². The van der Waals surface area contributed by atoms with Crippen LogP contribution in [-0.4, -0.2) is 30.3 Å². The summed E-state index contributed by atoms with van der Waals surface area (Å²) >= 11 is 11.6. The molecule has 4 nitrogen and oxygen atoms in total. The molecule has 0 amide bonds. The van der Waals surface area contributed by atoms with E-state index in [1.54, 1.807) is 4.31 Å². The van der Waals surface area contributed by atoms with E-state index in [0.717, 1.165) is 25.7 Å². The van der Waals surface area contributed by atoms with E-state index in [1.807, 2.05) is 6.92 Å². The van der Waals surface area contributed by atoms with Gasteiger partial charge in [-0.25, -0.2) is 13.4 Å². The van der Waals surface area contributed by atoms with Crippen LogP contribution >= 0.6 is 23.2 Å². The largest absolute Gasteiger partial charge is 0.244 e. The molecular formula is C12H16Cl2N2O2S. The summed E-state index contributed by atoms with van der Waals surface area (Å²) in [5.41, 5.74) is 0. The zero-order valence-corrected chi connectivity index (χ0v) is 13.0. The van der Waals surface area contributed by atoms with Crippen LogP contribution in [0.5, 0.6) is 0 Å². The number of hydrogen-bond acceptors (Lipinski definition) is 3. The zero-order chi connectivity index (χ0) is 14.0. The molecule has 1 aromatic heterocycles. The van der Waals surface area contributed by atoms with Crippen LogP contribution in [0.1, 0.15) is 32.6 Å². The predicted molar refractivity (Wildman–Crippen MR) is 76.1 cm³/mol. The molecule has 0 bridgehead atoms. The van der Waals surface area contributed by atoms with Crippen LogP contribution in [0.2, 0.25) is 10.2 Å². The second kappa shape index (κ2) is 5.95. The highest BCUT2D eigenvalue weighted by Gasteiger charge is 2.30. The maximum Gasteiger partial charge on any atom is 0.244 e. The number of pyridine rings is 1. The number of nitrogens with zero attached hydrogens (tertiary/aromatic N) is 2. The van der Waals surface area contributed by atoms with Crippen LogP contribution in [-0.2, 0) is 10.0 Å². The molecule has 1 fully saturated rings. The molecule has 0 spiro atoms. The van der Waals surface area contributed by atoms with Crippen LogP contribution in [0.3, 0.4) is 0 Å². The van der Waals surface area contributed by atoms with E-state index in [2.05, 4.69) is 4.98 Å². The van der Waals surface area contributed by atoms with Gasteiger partial charge in [0.25, 0.3) is 0 Å². The Bertz CT molecular complexity index is 563. The zero-order valence-electron chi connectivity index (χ0n) is 10.6. The van der Waals surface area contributed by atoms with Crippen molar-refractivity contribution in [1.82, 2.24) is 9.29 Å². The molecule has 106 valence electrons. The van der Waals surface area contributed by atoms with Crippen LogP contribution in [0.15, 0.2) is 17.2 Å². The van der Waals surface area contributed by atoms with Crippen molar-refractivity contribution >= 4 is 33.2 Å². The minimum absolute atomic E-state index is 0.00181. The van der Waals surface area contributed by atoms with E-state index in [-0.39, 0.29) is 21.1 Å². The number of halogens is 2. The molecule has 0 saturated carbocycles. The first kappa shape index (κ1) is 15.0. The number of aromatic nitrogens is 1. The van der Waals surface area contributed by atoms with Crippen LogP contribution in [0.25, 0.3) is 0 Å². The minimum atomic E-state index is -3.55. The van der Waals surface area contributed by atoms with Crippen LogP contribution in [0.4, 0.5) is 0 Å². The second-order valence-corrected chi connectivity index (χ2v) is 7.41. The van der Waals surface area contributed by atoms with Gasteiger partial charge in [0.2, 0.25) is 10.0 Å². The van der Waals surface area contributed by atoms with Crippen molar-refractivity contribution < 1.29 is 8.42 Å². The first-order chi connectivity index (χ1) is 8.93. The molecule has 7 heteroatoms. The Kier molecular flexibility index (Phi) is 4.71. The van der Waals surface area contributed by atoms with E-state index in [1.165, 1.54) is 12.3 Å². The van der Waals surface area contributed by atoms with E-state index < -0.39 is 10.0 Å². The fraction of sp³-hybridized carbons (Fsp3) is 0.583.